The molecule has 1 N–H and O–H groups in total. The maximum atomic E-state index is 4.09. The van der Waals surface area contributed by atoms with Gasteiger partial charge in [0.05, 0.1) is 0 Å². The van der Waals surface area contributed by atoms with Crippen LogP contribution in [0.1, 0.15) is 19.0 Å². The summed E-state index contributed by atoms with van der Waals surface area (Å²) in [6.45, 7) is 4.90. The predicted octanol–water partition coefficient (Wildman–Crippen LogP) is 2.16. The number of anilines is 1. The highest BCUT2D eigenvalue weighted by atomic mass is 15.0. The lowest BCUT2D eigenvalue weighted by Crippen LogP contribution is -2.02. The molecule has 0 aliphatic rings. The van der Waals surface area contributed by atoms with Crippen LogP contribution < -0.4 is 5.32 Å². The van der Waals surface area contributed by atoms with Gasteiger partial charge in [0.2, 0.25) is 0 Å². The van der Waals surface area contributed by atoms with Crippen molar-refractivity contribution in [1.82, 2.24) is 9.97 Å². The first kappa shape index (κ1) is 9.71. The predicted molar refractivity (Wildman–Crippen MR) is 54.7 cm³/mol. The molecule has 1 rings (SSSR count). The highest BCUT2D eigenvalue weighted by molar-refractivity contribution is 5.34. The molecule has 1 heterocycles. The molecule has 0 spiro atoms. The summed E-state index contributed by atoms with van der Waals surface area (Å²) in [5.41, 5.74) is 0.989. The smallest absolute Gasteiger partial charge is 0.129 e. The summed E-state index contributed by atoms with van der Waals surface area (Å²) in [6.07, 6.45) is 6.78. The monoisotopic (exact) mass is 177 g/mol. The van der Waals surface area contributed by atoms with E-state index in [-0.39, 0.29) is 0 Å². The van der Waals surface area contributed by atoms with Gasteiger partial charge in [-0.15, -0.1) is 0 Å². The maximum Gasteiger partial charge on any atom is 0.129 e. The van der Waals surface area contributed by atoms with Crippen LogP contribution in [0.4, 0.5) is 5.82 Å². The summed E-state index contributed by atoms with van der Waals surface area (Å²) < 4.78 is 0. The molecular weight excluding hydrogens is 162 g/mol. The SMILES string of the molecule is C/C=C/CCNc1cc(C)ncn1. The lowest BCUT2D eigenvalue weighted by Gasteiger charge is -2.02. The van der Waals surface area contributed by atoms with E-state index in [4.69, 9.17) is 0 Å². The van der Waals surface area contributed by atoms with Gasteiger partial charge in [-0.3, -0.25) is 0 Å². The van der Waals surface area contributed by atoms with Crippen molar-refractivity contribution in [2.45, 2.75) is 20.3 Å². The van der Waals surface area contributed by atoms with Crippen molar-refractivity contribution in [2.24, 2.45) is 0 Å². The standard InChI is InChI=1S/C10H15N3/c1-3-4-5-6-11-10-7-9(2)12-8-13-10/h3-4,7-8H,5-6H2,1-2H3,(H,11,12,13)/b4-3+. The summed E-state index contributed by atoms with van der Waals surface area (Å²) in [5, 5.41) is 3.22. The van der Waals surface area contributed by atoms with Crippen molar-refractivity contribution in [2.75, 3.05) is 11.9 Å². The van der Waals surface area contributed by atoms with Crippen molar-refractivity contribution in [3.8, 4) is 0 Å². The molecule has 0 saturated heterocycles. The fourth-order valence-electron chi connectivity index (χ4n) is 1.00. The van der Waals surface area contributed by atoms with Crippen LogP contribution in [0.15, 0.2) is 24.5 Å². The quantitative estimate of drug-likeness (QED) is 0.565. The Morgan fingerprint density at radius 2 is 2.31 bits per heavy atom. The fraction of sp³-hybridized carbons (Fsp3) is 0.400. The van der Waals surface area contributed by atoms with Crippen LogP contribution in [0.3, 0.4) is 0 Å². The summed E-state index contributed by atoms with van der Waals surface area (Å²) in [7, 11) is 0. The first-order valence-corrected chi connectivity index (χ1v) is 4.46. The van der Waals surface area contributed by atoms with E-state index in [0.717, 1.165) is 24.5 Å². The number of hydrogen-bond acceptors (Lipinski definition) is 3. The van der Waals surface area contributed by atoms with Gasteiger partial charge >= 0.3 is 0 Å². The van der Waals surface area contributed by atoms with Gasteiger partial charge < -0.3 is 5.32 Å². The Bertz CT molecular complexity index is 281. The van der Waals surface area contributed by atoms with Crippen LogP contribution in [-0.2, 0) is 0 Å². The Hall–Kier alpha value is -1.38. The Morgan fingerprint density at radius 3 is 3.00 bits per heavy atom. The van der Waals surface area contributed by atoms with Crippen LogP contribution in [0.5, 0.6) is 0 Å². The van der Waals surface area contributed by atoms with E-state index < -0.39 is 0 Å². The van der Waals surface area contributed by atoms with E-state index in [1.807, 2.05) is 26.0 Å². The number of nitrogens with one attached hydrogen (secondary N) is 1. The van der Waals surface area contributed by atoms with Crippen molar-refractivity contribution >= 4 is 5.82 Å². The lowest BCUT2D eigenvalue weighted by molar-refractivity contribution is 1.02. The van der Waals surface area contributed by atoms with E-state index in [2.05, 4.69) is 21.4 Å². The molecule has 0 aliphatic carbocycles. The number of allylic oxidation sites excluding steroid dienone is 1. The van der Waals surface area contributed by atoms with E-state index in [9.17, 15) is 0 Å². The molecule has 0 radical (unpaired) electrons. The average Bonchev–Trinajstić information content (AvgIpc) is 2.13. The fourth-order valence-corrected chi connectivity index (χ4v) is 1.00. The van der Waals surface area contributed by atoms with Gasteiger partial charge in [0.25, 0.3) is 0 Å². The minimum absolute atomic E-state index is 0.900. The minimum Gasteiger partial charge on any atom is -0.370 e. The van der Waals surface area contributed by atoms with Crippen LogP contribution in [-0.4, -0.2) is 16.5 Å². The Kier molecular flexibility index (Phi) is 3.96. The number of aromatic nitrogens is 2. The zero-order valence-corrected chi connectivity index (χ0v) is 8.12. The van der Waals surface area contributed by atoms with Gasteiger partial charge in [0.15, 0.2) is 0 Å². The highest BCUT2D eigenvalue weighted by Crippen LogP contribution is 2.02. The zero-order valence-electron chi connectivity index (χ0n) is 8.12. The Balaban J connectivity index is 2.36. The van der Waals surface area contributed by atoms with Crippen LogP contribution in [0.25, 0.3) is 0 Å². The molecule has 3 heteroatoms. The third-order valence-corrected chi connectivity index (χ3v) is 1.66. The summed E-state index contributed by atoms with van der Waals surface area (Å²) in [5.74, 6) is 0.900. The highest BCUT2D eigenvalue weighted by Gasteiger charge is 1.91. The first-order valence-electron chi connectivity index (χ1n) is 4.46. The molecular formula is C10H15N3. The van der Waals surface area contributed by atoms with Crippen LogP contribution >= 0.6 is 0 Å². The molecule has 70 valence electrons. The molecule has 0 unspecified atom stereocenters. The molecule has 0 aromatic carbocycles. The third-order valence-electron chi connectivity index (χ3n) is 1.66. The van der Waals surface area contributed by atoms with Crippen LogP contribution in [0, 0.1) is 6.92 Å². The normalized spacial score (nSPS) is 10.6. The molecule has 0 fully saturated rings. The van der Waals surface area contributed by atoms with Gasteiger partial charge in [-0.05, 0) is 20.3 Å². The van der Waals surface area contributed by atoms with Crippen molar-refractivity contribution in [1.29, 1.82) is 0 Å². The molecule has 13 heavy (non-hydrogen) atoms. The summed E-state index contributed by atoms with van der Waals surface area (Å²) in [6, 6.07) is 1.94. The van der Waals surface area contributed by atoms with Crippen molar-refractivity contribution in [3.05, 3.63) is 30.2 Å². The molecule has 0 aliphatic heterocycles. The number of rotatable bonds is 4. The molecule has 1 aromatic rings. The number of hydrogen-bond donors (Lipinski definition) is 1. The second-order valence-electron chi connectivity index (χ2n) is 2.83. The molecule has 0 bridgehead atoms. The van der Waals surface area contributed by atoms with Gasteiger partial charge in [-0.25, -0.2) is 9.97 Å². The van der Waals surface area contributed by atoms with E-state index in [1.54, 1.807) is 6.33 Å². The molecule has 0 saturated carbocycles. The van der Waals surface area contributed by atoms with E-state index in [0.29, 0.717) is 0 Å². The zero-order chi connectivity index (χ0) is 9.52. The van der Waals surface area contributed by atoms with Gasteiger partial charge in [0.1, 0.15) is 12.1 Å². The van der Waals surface area contributed by atoms with Crippen molar-refractivity contribution in [3.63, 3.8) is 0 Å². The summed E-state index contributed by atoms with van der Waals surface area (Å²) in [4.78, 5) is 8.11. The van der Waals surface area contributed by atoms with Gasteiger partial charge in [-0.2, -0.15) is 0 Å². The van der Waals surface area contributed by atoms with Crippen molar-refractivity contribution < 1.29 is 0 Å². The topological polar surface area (TPSA) is 37.8 Å². The first-order chi connectivity index (χ1) is 6.33. The second kappa shape index (κ2) is 5.30. The van der Waals surface area contributed by atoms with Gasteiger partial charge in [-0.1, -0.05) is 12.2 Å². The molecule has 3 nitrogen and oxygen atoms in total. The third kappa shape index (κ3) is 3.69. The maximum absolute atomic E-state index is 4.09. The lowest BCUT2D eigenvalue weighted by atomic mass is 10.3. The van der Waals surface area contributed by atoms with Crippen LogP contribution in [0.2, 0.25) is 0 Å². The molecule has 1 aromatic heterocycles. The average molecular weight is 177 g/mol. The minimum atomic E-state index is 0.900. The Morgan fingerprint density at radius 1 is 1.46 bits per heavy atom. The largest absolute Gasteiger partial charge is 0.370 e. The van der Waals surface area contributed by atoms with E-state index in [1.165, 1.54) is 0 Å². The number of nitrogens with zero attached hydrogens (tertiary/aromatic N) is 2. The molecule has 0 amide bonds. The summed E-state index contributed by atoms with van der Waals surface area (Å²) >= 11 is 0. The Labute approximate surface area is 78.9 Å². The molecule has 0 atom stereocenters. The second-order valence-corrected chi connectivity index (χ2v) is 2.83. The van der Waals surface area contributed by atoms with Gasteiger partial charge in [0, 0.05) is 18.3 Å². The number of aryl methyl sites for hydroxylation is 1. The van der Waals surface area contributed by atoms with E-state index >= 15 is 0 Å².